The van der Waals surface area contributed by atoms with Crippen molar-refractivity contribution in [2.24, 2.45) is 0 Å². The molecule has 0 atom stereocenters. The molecular weight excluding hydrogens is 400 g/mol. The smallest absolute Gasteiger partial charge is 0.224 e. The number of nitrogens with one attached hydrogen (secondary N) is 1. The molecule has 5 aromatic rings. The second-order valence-corrected chi connectivity index (χ2v) is 8.58. The number of carbonyl (C=O) groups is 1. The van der Waals surface area contributed by atoms with Gasteiger partial charge in [0.1, 0.15) is 0 Å². The van der Waals surface area contributed by atoms with Crippen LogP contribution in [0.15, 0.2) is 107 Å². The average Bonchev–Trinajstić information content (AvgIpc) is 3.15. The summed E-state index contributed by atoms with van der Waals surface area (Å²) in [6.07, 6.45) is 0. The summed E-state index contributed by atoms with van der Waals surface area (Å²) in [4.78, 5) is 20.6. The van der Waals surface area contributed by atoms with Crippen LogP contribution in [0, 0.1) is 0 Å². The summed E-state index contributed by atoms with van der Waals surface area (Å²) in [5, 5.41) is 3.38. The monoisotopic (exact) mass is 422 g/mol. The second-order valence-electron chi connectivity index (χ2n) is 7.50. The van der Waals surface area contributed by atoms with Crippen LogP contribution in [-0.4, -0.2) is 10.9 Å². The number of benzene rings is 4. The van der Waals surface area contributed by atoms with Gasteiger partial charge in [-0.1, -0.05) is 84.6 Å². The van der Waals surface area contributed by atoms with Crippen LogP contribution in [0.2, 0.25) is 0 Å². The number of hydrogen-bond acceptors (Lipinski definition) is 2. The van der Waals surface area contributed by atoms with Gasteiger partial charge in [-0.3, -0.25) is 4.79 Å². The molecule has 1 aromatic heterocycles. The van der Waals surface area contributed by atoms with Crippen molar-refractivity contribution in [2.45, 2.75) is 23.3 Å². The summed E-state index contributed by atoms with van der Waals surface area (Å²) in [6.45, 7) is 2.11. The number of nitrogens with zero attached hydrogens (tertiary/aromatic N) is 1. The average molecular weight is 423 g/mol. The largest absolute Gasteiger partial charge is 0.356 e. The van der Waals surface area contributed by atoms with Gasteiger partial charge in [-0.05, 0) is 29.7 Å². The van der Waals surface area contributed by atoms with Crippen LogP contribution in [0.3, 0.4) is 0 Å². The van der Waals surface area contributed by atoms with Crippen LogP contribution in [-0.2, 0) is 11.3 Å². The van der Waals surface area contributed by atoms with E-state index in [4.69, 9.17) is 0 Å². The summed E-state index contributed by atoms with van der Waals surface area (Å²) >= 11 is 1.73. The molecule has 1 N–H and O–H groups in total. The van der Waals surface area contributed by atoms with Gasteiger partial charge in [-0.15, -0.1) is 0 Å². The Morgan fingerprint density at radius 1 is 0.806 bits per heavy atom. The van der Waals surface area contributed by atoms with E-state index in [2.05, 4.69) is 65.6 Å². The molecule has 4 aromatic carbocycles. The Kier molecular flexibility index (Phi) is 5.23. The second kappa shape index (κ2) is 8.32. The zero-order valence-electron chi connectivity index (χ0n) is 17.2. The Hall–Kier alpha value is -3.50. The molecule has 0 spiro atoms. The number of carbonyl (C=O) groups excluding carboxylic acids is 1. The molecule has 0 saturated heterocycles. The molecule has 0 saturated carbocycles. The van der Waals surface area contributed by atoms with Gasteiger partial charge in [-0.2, -0.15) is 0 Å². The molecule has 5 rings (SSSR count). The summed E-state index contributed by atoms with van der Waals surface area (Å²) in [5.41, 5.74) is 3.05. The molecule has 0 aliphatic carbocycles. The zero-order chi connectivity index (χ0) is 21.2. The number of anilines is 1. The molecule has 1 heterocycles. The minimum absolute atomic E-state index is 0.0191. The van der Waals surface area contributed by atoms with Gasteiger partial charge in [0.25, 0.3) is 0 Å². The molecular formula is C27H22N2OS. The van der Waals surface area contributed by atoms with Crippen LogP contribution >= 0.6 is 11.8 Å². The fourth-order valence-electron chi connectivity index (χ4n) is 3.97. The van der Waals surface area contributed by atoms with E-state index in [1.54, 1.807) is 18.7 Å². The van der Waals surface area contributed by atoms with Crippen LogP contribution in [0.4, 0.5) is 5.69 Å². The maximum absolute atomic E-state index is 12.8. The molecule has 0 bridgehead atoms. The Labute approximate surface area is 185 Å². The van der Waals surface area contributed by atoms with Gasteiger partial charge < -0.3 is 9.88 Å². The van der Waals surface area contributed by atoms with E-state index in [0.717, 1.165) is 32.6 Å². The van der Waals surface area contributed by atoms with Crippen molar-refractivity contribution in [2.75, 3.05) is 4.90 Å². The van der Waals surface area contributed by atoms with Gasteiger partial charge in [0.05, 0.1) is 17.9 Å². The SMILES string of the molecule is CC(=O)N(Cc1[nH]c2ccccc2c1Sc1ccccc1)c1cccc2ccccc12. The van der Waals surface area contributed by atoms with E-state index in [0.29, 0.717) is 6.54 Å². The number of aromatic nitrogens is 1. The highest BCUT2D eigenvalue weighted by molar-refractivity contribution is 7.99. The first-order valence-corrected chi connectivity index (χ1v) is 11.1. The Balaban J connectivity index is 1.61. The standard InChI is InChI=1S/C27H22N2OS/c1-19(30)29(26-17-9-11-20-10-5-6-14-22(20)26)18-25-27(31-21-12-3-2-4-13-21)23-15-7-8-16-24(23)28-25/h2-17,28H,18H2,1H3. The maximum Gasteiger partial charge on any atom is 0.224 e. The lowest BCUT2D eigenvalue weighted by molar-refractivity contribution is -0.116. The molecule has 152 valence electrons. The summed E-state index contributed by atoms with van der Waals surface area (Å²) in [5.74, 6) is 0.0191. The number of rotatable bonds is 5. The van der Waals surface area contributed by atoms with Crippen molar-refractivity contribution in [1.82, 2.24) is 4.98 Å². The third kappa shape index (κ3) is 3.82. The molecule has 3 nitrogen and oxygen atoms in total. The Morgan fingerprint density at radius 3 is 2.29 bits per heavy atom. The fourth-order valence-corrected chi connectivity index (χ4v) is 5.03. The Morgan fingerprint density at radius 2 is 1.48 bits per heavy atom. The van der Waals surface area contributed by atoms with E-state index in [-0.39, 0.29) is 5.91 Å². The number of fused-ring (bicyclic) bond motifs is 2. The van der Waals surface area contributed by atoms with Gasteiger partial charge in [0.15, 0.2) is 0 Å². The van der Waals surface area contributed by atoms with E-state index >= 15 is 0 Å². The van der Waals surface area contributed by atoms with Gasteiger partial charge in [-0.25, -0.2) is 0 Å². The van der Waals surface area contributed by atoms with Crippen molar-refractivity contribution >= 4 is 45.0 Å². The molecule has 31 heavy (non-hydrogen) atoms. The van der Waals surface area contributed by atoms with Crippen LogP contribution in [0.1, 0.15) is 12.6 Å². The number of aromatic amines is 1. The molecule has 0 unspecified atom stereocenters. The quantitative estimate of drug-likeness (QED) is 0.330. The first-order chi connectivity index (χ1) is 15.2. The summed E-state index contributed by atoms with van der Waals surface area (Å²) in [6, 6.07) is 33.0. The minimum atomic E-state index is 0.0191. The first-order valence-electron chi connectivity index (χ1n) is 10.3. The van der Waals surface area contributed by atoms with E-state index in [1.165, 1.54) is 10.3 Å². The molecule has 4 heteroatoms. The number of hydrogen-bond donors (Lipinski definition) is 1. The van der Waals surface area contributed by atoms with Gasteiger partial charge in [0.2, 0.25) is 5.91 Å². The van der Waals surface area contributed by atoms with Crippen LogP contribution in [0.5, 0.6) is 0 Å². The van der Waals surface area contributed by atoms with Crippen molar-refractivity contribution in [1.29, 1.82) is 0 Å². The lowest BCUT2D eigenvalue weighted by Crippen LogP contribution is -2.28. The fraction of sp³-hybridized carbons (Fsp3) is 0.0741. The zero-order valence-corrected chi connectivity index (χ0v) is 18.0. The summed E-state index contributed by atoms with van der Waals surface area (Å²) < 4.78 is 0. The molecule has 0 fully saturated rings. The third-order valence-electron chi connectivity index (χ3n) is 5.45. The van der Waals surface area contributed by atoms with E-state index < -0.39 is 0 Å². The third-order valence-corrected chi connectivity index (χ3v) is 6.63. The van der Waals surface area contributed by atoms with Crippen LogP contribution < -0.4 is 4.90 Å². The Bertz CT molecular complexity index is 1370. The minimum Gasteiger partial charge on any atom is -0.356 e. The topological polar surface area (TPSA) is 36.1 Å². The van der Waals surface area contributed by atoms with Gasteiger partial charge >= 0.3 is 0 Å². The van der Waals surface area contributed by atoms with E-state index in [9.17, 15) is 4.79 Å². The lowest BCUT2D eigenvalue weighted by Gasteiger charge is -2.23. The predicted molar refractivity (Wildman–Crippen MR) is 130 cm³/mol. The number of para-hydroxylation sites is 1. The molecule has 0 aliphatic heterocycles. The highest BCUT2D eigenvalue weighted by Gasteiger charge is 2.20. The highest BCUT2D eigenvalue weighted by atomic mass is 32.2. The molecule has 0 radical (unpaired) electrons. The van der Waals surface area contributed by atoms with E-state index in [1.807, 2.05) is 41.3 Å². The normalized spacial score (nSPS) is 11.1. The highest BCUT2D eigenvalue weighted by Crippen LogP contribution is 2.38. The number of amides is 1. The predicted octanol–water partition coefficient (Wildman–Crippen LogP) is 7.03. The van der Waals surface area contributed by atoms with Crippen molar-refractivity contribution < 1.29 is 4.79 Å². The molecule has 0 aliphatic rings. The van der Waals surface area contributed by atoms with Crippen molar-refractivity contribution in [3.05, 3.63) is 103 Å². The molecule has 1 amide bonds. The number of H-pyrrole nitrogens is 1. The van der Waals surface area contributed by atoms with Crippen molar-refractivity contribution in [3.63, 3.8) is 0 Å². The van der Waals surface area contributed by atoms with Gasteiger partial charge in [0, 0.05) is 33.0 Å². The van der Waals surface area contributed by atoms with Crippen LogP contribution in [0.25, 0.3) is 21.7 Å². The van der Waals surface area contributed by atoms with Crippen molar-refractivity contribution in [3.8, 4) is 0 Å². The summed E-state index contributed by atoms with van der Waals surface area (Å²) in [7, 11) is 0. The first kappa shape index (κ1) is 19.5. The maximum atomic E-state index is 12.8. The lowest BCUT2D eigenvalue weighted by atomic mass is 10.1.